The fourth-order valence-electron chi connectivity index (χ4n) is 1.13. The second-order valence-corrected chi connectivity index (χ2v) is 3.04. The van der Waals surface area contributed by atoms with Crippen LogP contribution in [0.15, 0.2) is 12.7 Å². The number of hydrogen-bond donors (Lipinski definition) is 2. The number of carbonyl (C=O) groups excluding carboxylic acids is 1. The number of carbonyl (C=O) groups is 1. The van der Waals surface area contributed by atoms with E-state index in [1.165, 1.54) is 17.3 Å². The first-order chi connectivity index (χ1) is 8.28. The highest BCUT2D eigenvalue weighted by molar-refractivity contribution is 5.88. The van der Waals surface area contributed by atoms with Crippen molar-refractivity contribution in [2.45, 2.75) is 13.5 Å². The highest BCUT2D eigenvalue weighted by Gasteiger charge is 2.08. The van der Waals surface area contributed by atoms with Crippen molar-refractivity contribution in [2.75, 3.05) is 11.9 Å². The first-order valence-corrected chi connectivity index (χ1v) is 4.95. The van der Waals surface area contributed by atoms with Gasteiger partial charge in [-0.15, -0.1) is 5.10 Å². The van der Waals surface area contributed by atoms with Gasteiger partial charge in [-0.1, -0.05) is 0 Å². The van der Waals surface area contributed by atoms with Crippen molar-refractivity contribution >= 4 is 11.9 Å². The van der Waals surface area contributed by atoms with Gasteiger partial charge in [0.25, 0.3) is 0 Å². The number of H-pyrrole nitrogens is 1. The highest BCUT2D eigenvalue weighted by Crippen LogP contribution is 2.05. The van der Waals surface area contributed by atoms with Gasteiger partial charge in [0.2, 0.25) is 11.9 Å². The molecular formula is C8H11N7O2. The maximum atomic E-state index is 11.5. The third-order valence-electron chi connectivity index (χ3n) is 1.77. The van der Waals surface area contributed by atoms with Crippen molar-refractivity contribution in [3.63, 3.8) is 0 Å². The third-order valence-corrected chi connectivity index (χ3v) is 1.77. The van der Waals surface area contributed by atoms with Crippen LogP contribution in [0, 0.1) is 0 Å². The molecule has 0 bridgehead atoms. The van der Waals surface area contributed by atoms with Crippen LogP contribution in [0.1, 0.15) is 6.92 Å². The second-order valence-electron chi connectivity index (χ2n) is 3.04. The van der Waals surface area contributed by atoms with E-state index in [0.717, 1.165) is 0 Å². The van der Waals surface area contributed by atoms with Gasteiger partial charge in [0, 0.05) is 0 Å². The van der Waals surface area contributed by atoms with Crippen LogP contribution in [0.5, 0.6) is 6.01 Å². The summed E-state index contributed by atoms with van der Waals surface area (Å²) in [6.07, 6.45) is 2.81. The smallest absolute Gasteiger partial charge is 0.337 e. The predicted octanol–water partition coefficient (Wildman–Crippen LogP) is -0.566. The largest absolute Gasteiger partial charge is 0.463 e. The SMILES string of the molecule is CCOc1n[nH]c(NC(=O)Cn2cncn2)n1. The lowest BCUT2D eigenvalue weighted by Crippen LogP contribution is -2.19. The first kappa shape index (κ1) is 11.0. The maximum Gasteiger partial charge on any atom is 0.337 e. The van der Waals surface area contributed by atoms with Gasteiger partial charge in [-0.05, 0) is 6.92 Å². The molecule has 0 saturated carbocycles. The summed E-state index contributed by atoms with van der Waals surface area (Å²) in [4.78, 5) is 19.1. The quantitative estimate of drug-likeness (QED) is 0.720. The molecule has 2 aromatic rings. The number of anilines is 1. The number of nitrogens with zero attached hydrogens (tertiary/aromatic N) is 5. The Morgan fingerprint density at radius 1 is 1.65 bits per heavy atom. The maximum absolute atomic E-state index is 11.5. The lowest BCUT2D eigenvalue weighted by Gasteiger charge is -2.00. The number of rotatable bonds is 5. The Morgan fingerprint density at radius 3 is 3.24 bits per heavy atom. The molecule has 0 aliphatic rings. The van der Waals surface area contributed by atoms with Crippen LogP contribution in [0.2, 0.25) is 0 Å². The zero-order valence-corrected chi connectivity index (χ0v) is 9.12. The molecule has 9 nitrogen and oxygen atoms in total. The lowest BCUT2D eigenvalue weighted by atomic mass is 10.6. The number of aromatic amines is 1. The van der Waals surface area contributed by atoms with Gasteiger partial charge in [-0.2, -0.15) is 10.1 Å². The Kier molecular flexibility index (Phi) is 3.28. The normalized spacial score (nSPS) is 10.2. The Balaban J connectivity index is 1.89. The fourth-order valence-corrected chi connectivity index (χ4v) is 1.13. The average Bonchev–Trinajstić information content (AvgIpc) is 2.91. The van der Waals surface area contributed by atoms with E-state index in [4.69, 9.17) is 4.74 Å². The van der Waals surface area contributed by atoms with Gasteiger partial charge in [0.15, 0.2) is 0 Å². The van der Waals surface area contributed by atoms with Gasteiger partial charge in [0.05, 0.1) is 6.61 Å². The molecule has 2 heterocycles. The molecule has 0 atom stereocenters. The average molecular weight is 237 g/mol. The monoisotopic (exact) mass is 237 g/mol. The third kappa shape index (κ3) is 3.00. The molecule has 0 aliphatic heterocycles. The molecule has 2 aromatic heterocycles. The van der Waals surface area contributed by atoms with E-state index in [1.54, 1.807) is 0 Å². The lowest BCUT2D eigenvalue weighted by molar-refractivity contribution is -0.116. The number of aromatic nitrogens is 6. The molecule has 0 aliphatic carbocycles. The molecule has 0 unspecified atom stereocenters. The van der Waals surface area contributed by atoms with E-state index in [0.29, 0.717) is 6.61 Å². The first-order valence-electron chi connectivity index (χ1n) is 4.95. The summed E-state index contributed by atoms with van der Waals surface area (Å²) in [6.45, 7) is 2.34. The summed E-state index contributed by atoms with van der Waals surface area (Å²) in [5.41, 5.74) is 0. The van der Waals surface area contributed by atoms with Crippen LogP contribution in [0.25, 0.3) is 0 Å². The van der Waals surface area contributed by atoms with E-state index >= 15 is 0 Å². The number of ether oxygens (including phenoxy) is 1. The van der Waals surface area contributed by atoms with Crippen LogP contribution < -0.4 is 10.1 Å². The summed E-state index contributed by atoms with van der Waals surface area (Å²) < 4.78 is 6.44. The molecule has 0 aromatic carbocycles. The minimum atomic E-state index is -0.283. The molecule has 0 radical (unpaired) electrons. The second kappa shape index (κ2) is 5.05. The highest BCUT2D eigenvalue weighted by atomic mass is 16.5. The van der Waals surface area contributed by atoms with Crippen LogP contribution in [-0.2, 0) is 11.3 Å². The number of nitrogens with one attached hydrogen (secondary N) is 2. The Bertz CT molecular complexity index is 478. The summed E-state index contributed by atoms with van der Waals surface area (Å²) in [7, 11) is 0. The van der Waals surface area contributed by atoms with Crippen molar-refractivity contribution in [3.8, 4) is 6.01 Å². The molecule has 0 fully saturated rings. The molecule has 17 heavy (non-hydrogen) atoms. The number of amides is 1. The molecule has 0 spiro atoms. The van der Waals surface area contributed by atoms with Crippen molar-refractivity contribution in [1.82, 2.24) is 29.9 Å². The molecule has 9 heteroatoms. The Morgan fingerprint density at radius 2 is 2.53 bits per heavy atom. The predicted molar refractivity (Wildman–Crippen MR) is 56.2 cm³/mol. The van der Waals surface area contributed by atoms with Gasteiger partial charge < -0.3 is 4.74 Å². The minimum Gasteiger partial charge on any atom is -0.463 e. The van der Waals surface area contributed by atoms with E-state index in [1.807, 2.05) is 6.92 Å². The summed E-state index contributed by atoms with van der Waals surface area (Å²) in [6, 6.07) is 0.198. The molecule has 90 valence electrons. The standard InChI is InChI=1S/C8H11N7O2/c1-2-17-8-12-7(13-14-8)11-6(16)3-15-5-9-4-10-15/h4-5H,2-3H2,1H3,(H2,11,12,13,14,16). The molecule has 2 rings (SSSR count). The van der Waals surface area contributed by atoms with E-state index in [9.17, 15) is 4.79 Å². The van der Waals surface area contributed by atoms with E-state index in [2.05, 4.69) is 30.6 Å². The van der Waals surface area contributed by atoms with Crippen LogP contribution >= 0.6 is 0 Å². The molecular weight excluding hydrogens is 226 g/mol. The van der Waals surface area contributed by atoms with Crippen LogP contribution in [0.3, 0.4) is 0 Å². The summed E-state index contributed by atoms with van der Waals surface area (Å²) in [5, 5.41) is 12.6. The van der Waals surface area contributed by atoms with E-state index in [-0.39, 0.29) is 24.4 Å². The van der Waals surface area contributed by atoms with Gasteiger partial charge >= 0.3 is 6.01 Å². The molecule has 2 N–H and O–H groups in total. The minimum absolute atomic E-state index is 0.0602. The molecule has 1 amide bonds. The topological polar surface area (TPSA) is 111 Å². The van der Waals surface area contributed by atoms with Gasteiger partial charge in [0.1, 0.15) is 19.2 Å². The molecule has 0 saturated heterocycles. The Labute approximate surface area is 96.2 Å². The van der Waals surface area contributed by atoms with Crippen molar-refractivity contribution in [1.29, 1.82) is 0 Å². The zero-order valence-electron chi connectivity index (χ0n) is 9.12. The van der Waals surface area contributed by atoms with Crippen molar-refractivity contribution < 1.29 is 9.53 Å². The van der Waals surface area contributed by atoms with Crippen molar-refractivity contribution in [3.05, 3.63) is 12.7 Å². The van der Waals surface area contributed by atoms with Crippen LogP contribution in [0.4, 0.5) is 5.95 Å². The Hall–Kier alpha value is -2.45. The summed E-state index contributed by atoms with van der Waals surface area (Å²) in [5.74, 6) is -0.0479. The van der Waals surface area contributed by atoms with Gasteiger partial charge in [-0.25, -0.2) is 14.8 Å². The van der Waals surface area contributed by atoms with E-state index < -0.39 is 0 Å². The van der Waals surface area contributed by atoms with Crippen molar-refractivity contribution in [2.24, 2.45) is 0 Å². The zero-order chi connectivity index (χ0) is 12.1. The number of hydrogen-bond acceptors (Lipinski definition) is 6. The van der Waals surface area contributed by atoms with Crippen LogP contribution in [-0.4, -0.2) is 42.5 Å². The van der Waals surface area contributed by atoms with Gasteiger partial charge in [-0.3, -0.25) is 10.1 Å². The fraction of sp³-hybridized carbons (Fsp3) is 0.375. The summed E-state index contributed by atoms with van der Waals surface area (Å²) >= 11 is 0.